The van der Waals surface area contributed by atoms with Crippen molar-refractivity contribution >= 4 is 11.9 Å². The van der Waals surface area contributed by atoms with Gasteiger partial charge in [-0.2, -0.15) is 0 Å². The number of hydrogen-bond donors (Lipinski definition) is 1. The van der Waals surface area contributed by atoms with Crippen molar-refractivity contribution in [2.24, 2.45) is 11.7 Å². The number of primary amides is 1. The van der Waals surface area contributed by atoms with Crippen molar-refractivity contribution in [1.82, 2.24) is 4.90 Å². The molecule has 0 aliphatic carbocycles. The fourth-order valence-corrected chi connectivity index (χ4v) is 1.91. The lowest BCUT2D eigenvalue weighted by Gasteiger charge is -2.29. The summed E-state index contributed by atoms with van der Waals surface area (Å²) in [4.78, 5) is 24.3. The molecule has 0 atom stereocenters. The van der Waals surface area contributed by atoms with Gasteiger partial charge in [-0.15, -0.1) is 0 Å². The molecule has 1 amide bonds. The molecule has 0 spiro atoms. The average molecular weight is 240 g/mol. The number of carbonyl (C=O) groups excluding carboxylic acids is 2. The quantitative estimate of drug-likeness (QED) is 0.567. The molecule has 17 heavy (non-hydrogen) atoms. The summed E-state index contributed by atoms with van der Waals surface area (Å²) >= 11 is 0. The molecule has 1 aliphatic rings. The summed E-state index contributed by atoms with van der Waals surface area (Å²) in [5, 5.41) is 0. The number of methoxy groups -OCH3 is 1. The Morgan fingerprint density at radius 2 is 2.00 bits per heavy atom. The topological polar surface area (TPSA) is 72.6 Å². The molecule has 0 unspecified atom stereocenters. The first-order chi connectivity index (χ1) is 8.04. The highest BCUT2D eigenvalue weighted by Gasteiger charge is 2.22. The molecular formula is C12H20N2O3. The normalized spacial score (nSPS) is 19.1. The number of hydrogen-bond acceptors (Lipinski definition) is 4. The van der Waals surface area contributed by atoms with Gasteiger partial charge in [0.1, 0.15) is 0 Å². The maximum atomic E-state index is 11.2. The van der Waals surface area contributed by atoms with Crippen molar-refractivity contribution in [2.75, 3.05) is 26.7 Å². The van der Waals surface area contributed by atoms with E-state index < -0.39 is 0 Å². The molecule has 0 bridgehead atoms. The van der Waals surface area contributed by atoms with Crippen molar-refractivity contribution < 1.29 is 14.3 Å². The summed E-state index contributed by atoms with van der Waals surface area (Å²) in [6, 6.07) is 0. The van der Waals surface area contributed by atoms with Crippen molar-refractivity contribution in [3.63, 3.8) is 0 Å². The predicted molar refractivity (Wildman–Crippen MR) is 64.1 cm³/mol. The van der Waals surface area contributed by atoms with Crippen molar-refractivity contribution in [3.05, 3.63) is 11.6 Å². The van der Waals surface area contributed by atoms with Crippen LogP contribution in [-0.4, -0.2) is 43.5 Å². The first kappa shape index (κ1) is 13.7. The molecule has 2 N–H and O–H groups in total. The van der Waals surface area contributed by atoms with E-state index >= 15 is 0 Å². The zero-order chi connectivity index (χ0) is 12.8. The largest absolute Gasteiger partial charge is 0.466 e. The Morgan fingerprint density at radius 1 is 1.41 bits per heavy atom. The van der Waals surface area contributed by atoms with E-state index in [9.17, 15) is 9.59 Å². The Balaban J connectivity index is 2.36. The second-order valence-corrected chi connectivity index (χ2v) is 4.36. The van der Waals surface area contributed by atoms with Crippen LogP contribution in [0, 0.1) is 5.92 Å². The summed E-state index contributed by atoms with van der Waals surface area (Å²) in [6.45, 7) is 4.14. The third kappa shape index (κ3) is 4.19. The predicted octanol–water partition coefficient (Wildman–Crippen LogP) is 0.303. The zero-order valence-corrected chi connectivity index (χ0v) is 10.4. The van der Waals surface area contributed by atoms with Crippen LogP contribution in [0.3, 0.4) is 0 Å². The van der Waals surface area contributed by atoms with E-state index in [0.29, 0.717) is 12.1 Å². The van der Waals surface area contributed by atoms with Crippen LogP contribution in [0.2, 0.25) is 0 Å². The minimum absolute atomic E-state index is 0.0110. The molecule has 1 fully saturated rings. The van der Waals surface area contributed by atoms with Gasteiger partial charge in [-0.1, -0.05) is 6.08 Å². The Bertz CT molecular complexity index is 318. The van der Waals surface area contributed by atoms with Crippen LogP contribution in [-0.2, 0) is 14.3 Å². The van der Waals surface area contributed by atoms with Crippen LogP contribution in [0.5, 0.6) is 0 Å². The summed E-state index contributed by atoms with van der Waals surface area (Å²) in [5.41, 5.74) is 5.88. The molecule has 1 rings (SSSR count). The summed E-state index contributed by atoms with van der Waals surface area (Å²) < 4.78 is 4.61. The molecule has 0 aromatic heterocycles. The lowest BCUT2D eigenvalue weighted by Crippen LogP contribution is -2.38. The first-order valence-corrected chi connectivity index (χ1v) is 5.81. The lowest BCUT2D eigenvalue weighted by molar-refractivity contribution is -0.136. The van der Waals surface area contributed by atoms with Gasteiger partial charge in [0.25, 0.3) is 0 Å². The second kappa shape index (κ2) is 6.39. The Kier molecular flexibility index (Phi) is 5.15. The molecule has 0 saturated carbocycles. The molecule has 0 aromatic rings. The van der Waals surface area contributed by atoms with E-state index in [4.69, 9.17) is 5.73 Å². The molecule has 1 aliphatic heterocycles. The van der Waals surface area contributed by atoms with Gasteiger partial charge < -0.3 is 10.5 Å². The third-order valence-electron chi connectivity index (χ3n) is 3.15. The maximum Gasteiger partial charge on any atom is 0.333 e. The highest BCUT2D eigenvalue weighted by molar-refractivity contribution is 5.87. The third-order valence-corrected chi connectivity index (χ3v) is 3.15. The minimum Gasteiger partial charge on any atom is -0.466 e. The highest BCUT2D eigenvalue weighted by Crippen LogP contribution is 2.16. The van der Waals surface area contributed by atoms with Gasteiger partial charge in [0.05, 0.1) is 7.11 Å². The molecule has 5 heteroatoms. The number of carbonyl (C=O) groups is 2. The van der Waals surface area contributed by atoms with E-state index in [1.807, 2.05) is 6.08 Å². The first-order valence-electron chi connectivity index (χ1n) is 5.81. The number of nitrogens with two attached hydrogens (primary N) is 1. The Labute approximate surface area is 102 Å². The van der Waals surface area contributed by atoms with Gasteiger partial charge in [-0.05, 0) is 32.9 Å². The monoisotopic (exact) mass is 240 g/mol. The van der Waals surface area contributed by atoms with Crippen molar-refractivity contribution in [1.29, 1.82) is 0 Å². The van der Waals surface area contributed by atoms with Crippen LogP contribution in [0.1, 0.15) is 19.8 Å². The number of nitrogens with zero attached hydrogens (tertiary/aromatic N) is 1. The van der Waals surface area contributed by atoms with E-state index in [1.165, 1.54) is 7.11 Å². The van der Waals surface area contributed by atoms with E-state index in [0.717, 1.165) is 25.9 Å². The van der Waals surface area contributed by atoms with Gasteiger partial charge in [-0.25, -0.2) is 4.79 Å². The Morgan fingerprint density at radius 3 is 2.47 bits per heavy atom. The lowest BCUT2D eigenvalue weighted by atomic mass is 9.96. The number of amides is 1. The molecule has 5 nitrogen and oxygen atoms in total. The standard InChI is InChI=1S/C12H20N2O3/c1-9(12(16)17-2)3-6-14-7-4-10(5-8-14)11(13)15/h3,10H,4-8H2,1-2H3,(H2,13,15). The number of esters is 1. The van der Waals surface area contributed by atoms with Gasteiger partial charge in [0.2, 0.25) is 5.91 Å². The van der Waals surface area contributed by atoms with Crippen LogP contribution < -0.4 is 5.73 Å². The van der Waals surface area contributed by atoms with Gasteiger partial charge in [0, 0.05) is 18.0 Å². The highest BCUT2D eigenvalue weighted by atomic mass is 16.5. The summed E-state index contributed by atoms with van der Waals surface area (Å²) in [7, 11) is 1.37. The van der Waals surface area contributed by atoms with E-state index in [1.54, 1.807) is 6.92 Å². The fourth-order valence-electron chi connectivity index (χ4n) is 1.91. The van der Waals surface area contributed by atoms with Gasteiger partial charge in [-0.3, -0.25) is 9.69 Å². The molecule has 1 heterocycles. The number of likely N-dealkylation sites (tertiary alicyclic amines) is 1. The van der Waals surface area contributed by atoms with Crippen molar-refractivity contribution in [3.8, 4) is 0 Å². The van der Waals surface area contributed by atoms with Crippen LogP contribution >= 0.6 is 0 Å². The summed E-state index contributed by atoms with van der Waals surface area (Å²) in [6.07, 6.45) is 3.47. The average Bonchev–Trinajstić information content (AvgIpc) is 2.35. The molecule has 0 aromatic carbocycles. The Hall–Kier alpha value is -1.36. The van der Waals surface area contributed by atoms with Gasteiger partial charge >= 0.3 is 5.97 Å². The number of ether oxygens (including phenoxy) is 1. The molecular weight excluding hydrogens is 220 g/mol. The van der Waals surface area contributed by atoms with Crippen LogP contribution in [0.15, 0.2) is 11.6 Å². The van der Waals surface area contributed by atoms with E-state index in [-0.39, 0.29) is 17.8 Å². The fraction of sp³-hybridized carbons (Fsp3) is 0.667. The zero-order valence-electron chi connectivity index (χ0n) is 10.4. The molecule has 1 saturated heterocycles. The smallest absolute Gasteiger partial charge is 0.333 e. The number of piperidine rings is 1. The minimum atomic E-state index is -0.294. The molecule has 96 valence electrons. The summed E-state index contributed by atoms with van der Waals surface area (Å²) in [5.74, 6) is -0.486. The van der Waals surface area contributed by atoms with E-state index in [2.05, 4.69) is 9.64 Å². The number of rotatable bonds is 4. The maximum absolute atomic E-state index is 11.2. The second-order valence-electron chi connectivity index (χ2n) is 4.36. The van der Waals surface area contributed by atoms with Crippen molar-refractivity contribution in [2.45, 2.75) is 19.8 Å². The van der Waals surface area contributed by atoms with Crippen LogP contribution in [0.4, 0.5) is 0 Å². The van der Waals surface area contributed by atoms with Gasteiger partial charge in [0.15, 0.2) is 0 Å². The molecule has 0 radical (unpaired) electrons. The SMILES string of the molecule is COC(=O)C(C)=CCN1CCC(C(N)=O)CC1. The van der Waals surface area contributed by atoms with Crippen LogP contribution in [0.25, 0.3) is 0 Å².